The van der Waals surface area contributed by atoms with Crippen LogP contribution in [-0.2, 0) is 79.4 Å². The predicted octanol–water partition coefficient (Wildman–Crippen LogP) is 3.04. The number of hydrogen-bond acceptors (Lipinski definition) is 16. The summed E-state index contributed by atoms with van der Waals surface area (Å²) in [6, 6.07) is 6.54. The number of carbonyl (C=O) groups is 6. The smallest absolute Gasteiger partial charge is 0.407 e. The highest BCUT2D eigenvalue weighted by Crippen LogP contribution is 2.46. The van der Waals surface area contributed by atoms with E-state index in [-0.39, 0.29) is 61.7 Å². The first-order valence-corrected chi connectivity index (χ1v) is 21.1. The Morgan fingerprint density at radius 3 is 2.47 bits per heavy atom. The van der Waals surface area contributed by atoms with E-state index in [1.54, 1.807) is 27.0 Å². The second kappa shape index (κ2) is 17.8. The molecule has 1 aliphatic carbocycles. The van der Waals surface area contributed by atoms with Crippen molar-refractivity contribution in [1.82, 2.24) is 20.2 Å². The van der Waals surface area contributed by atoms with E-state index in [4.69, 9.17) is 33.4 Å². The number of aliphatic carboxylic acids is 1. The summed E-state index contributed by atoms with van der Waals surface area (Å²) in [7, 11) is 1.55. The fraction of sp³-hybridized carbons (Fsp3) is 0.422. The lowest BCUT2D eigenvalue weighted by molar-refractivity contribution is -0.247. The molecule has 20 nitrogen and oxygen atoms in total. The molecule has 2 aromatic heterocycles. The molecular formula is C45H46FN5O15. The van der Waals surface area contributed by atoms with Gasteiger partial charge in [0.05, 0.1) is 47.3 Å². The van der Waals surface area contributed by atoms with Crippen LogP contribution in [-0.4, -0.2) is 93.8 Å². The molecule has 8 rings (SSSR count). The highest BCUT2D eigenvalue weighted by atomic mass is 19.1. The number of esters is 3. The molecule has 4 aromatic rings. The number of hydrogen-bond donors (Lipinski definition) is 5. The van der Waals surface area contributed by atoms with Gasteiger partial charge in [0.2, 0.25) is 12.2 Å². The van der Waals surface area contributed by atoms with Gasteiger partial charge in [-0.05, 0) is 73.7 Å². The molecule has 66 heavy (non-hydrogen) atoms. The number of aryl methyl sites for hydroxylation is 1. The van der Waals surface area contributed by atoms with Gasteiger partial charge in [-0.15, -0.1) is 0 Å². The van der Waals surface area contributed by atoms with E-state index in [0.29, 0.717) is 62.9 Å². The van der Waals surface area contributed by atoms with Crippen molar-refractivity contribution in [2.24, 2.45) is 0 Å². The minimum absolute atomic E-state index is 0.0321. The summed E-state index contributed by atoms with van der Waals surface area (Å²) in [4.78, 5) is 94.1. The van der Waals surface area contributed by atoms with Crippen LogP contribution in [0.15, 0.2) is 35.1 Å². The van der Waals surface area contributed by atoms with Crippen LogP contribution in [0.25, 0.3) is 22.3 Å². The Balaban J connectivity index is 1.07. The van der Waals surface area contributed by atoms with Gasteiger partial charge in [-0.25, -0.2) is 23.8 Å². The zero-order valence-electron chi connectivity index (χ0n) is 36.4. The van der Waals surface area contributed by atoms with Crippen molar-refractivity contribution >= 4 is 52.5 Å². The summed E-state index contributed by atoms with van der Waals surface area (Å²) >= 11 is 0. The van der Waals surface area contributed by atoms with Crippen molar-refractivity contribution in [1.29, 1.82) is 0 Å². The number of aliphatic hydroxyl groups is 1. The van der Waals surface area contributed by atoms with Crippen molar-refractivity contribution in [2.75, 3.05) is 18.9 Å². The number of aromatic nitrogens is 2. The first-order chi connectivity index (χ1) is 31.4. The van der Waals surface area contributed by atoms with Gasteiger partial charge >= 0.3 is 30.0 Å². The molecular weight excluding hydrogens is 870 g/mol. The fourth-order valence-electron chi connectivity index (χ4n) is 9.12. The number of alkyl carbamates (subject to hydrolysis) is 1. The molecule has 6 atom stereocenters. The Kier molecular flexibility index (Phi) is 12.3. The largest absolute Gasteiger partial charge is 0.479 e. The van der Waals surface area contributed by atoms with E-state index >= 15 is 4.39 Å². The number of carbonyl (C=O) groups excluding carboxylic acids is 5. The van der Waals surface area contributed by atoms with Crippen molar-refractivity contribution in [3.05, 3.63) is 85.4 Å². The van der Waals surface area contributed by atoms with Crippen LogP contribution >= 0.6 is 0 Å². The van der Waals surface area contributed by atoms with Crippen LogP contribution in [0, 0.1) is 12.7 Å². The Morgan fingerprint density at radius 2 is 1.77 bits per heavy atom. The zero-order valence-corrected chi connectivity index (χ0v) is 36.4. The van der Waals surface area contributed by atoms with Crippen LogP contribution in [0.3, 0.4) is 0 Å². The van der Waals surface area contributed by atoms with Gasteiger partial charge in [-0.2, -0.15) is 0 Å². The van der Waals surface area contributed by atoms with E-state index < -0.39 is 83.5 Å². The van der Waals surface area contributed by atoms with Gasteiger partial charge in [0.1, 0.15) is 30.9 Å². The molecule has 4 aliphatic rings. The number of likely N-dealkylation sites (N-methyl/N-ethyl adjacent to an activating group) is 1. The summed E-state index contributed by atoms with van der Waals surface area (Å²) in [5, 5.41) is 30.2. The van der Waals surface area contributed by atoms with E-state index in [1.807, 2.05) is 0 Å². The third-order valence-corrected chi connectivity index (χ3v) is 12.2. The Hall–Kier alpha value is -6.97. The number of carboxylic acids is 1. The second-order valence-corrected chi connectivity index (χ2v) is 16.4. The zero-order chi connectivity index (χ0) is 47.4. The monoisotopic (exact) mass is 915 g/mol. The number of rotatable bonds is 12. The number of ether oxygens (including phenoxy) is 6. The number of halogens is 1. The first-order valence-electron chi connectivity index (χ1n) is 21.1. The number of fused-ring (bicyclic) bond motifs is 5. The van der Waals surface area contributed by atoms with Gasteiger partial charge in [0.25, 0.3) is 5.56 Å². The van der Waals surface area contributed by atoms with Crippen molar-refractivity contribution in [3.63, 3.8) is 0 Å². The molecule has 2 unspecified atom stereocenters. The number of carboxylic acid groups (broad SMARTS) is 1. The molecule has 2 amide bonds. The van der Waals surface area contributed by atoms with Crippen LogP contribution in [0.5, 0.6) is 5.75 Å². The molecule has 1 saturated heterocycles. The lowest BCUT2D eigenvalue weighted by Gasteiger charge is -2.38. The van der Waals surface area contributed by atoms with E-state index in [0.717, 1.165) is 13.8 Å². The SMILES string of the molecule is CC[C@@]1(O)C(=O)OCc2c1cc1n(c2=O)Cc2c-1nc1cc(F)c(C)c3c1c2[C@@H](NC(=O)OCc1ccc(O[C@@H]2OC(C(=O)O)[C@@H](OC(C)=O)CC2OC(C)=O)c(NC(=O)CNC)c1)CC3. The molecule has 0 saturated carbocycles. The summed E-state index contributed by atoms with van der Waals surface area (Å²) in [5.74, 6) is -4.89. The van der Waals surface area contributed by atoms with Crippen LogP contribution < -0.4 is 26.2 Å². The predicted molar refractivity (Wildman–Crippen MR) is 225 cm³/mol. The highest BCUT2D eigenvalue weighted by Gasteiger charge is 2.48. The number of amides is 2. The topological polar surface area (TPSA) is 269 Å². The number of nitrogens with one attached hydrogen (secondary N) is 3. The van der Waals surface area contributed by atoms with E-state index in [2.05, 4.69) is 16.0 Å². The standard InChI is InChI=1S/C45H46FN5O15/c1-6-45(60)26-12-31-38-24(16-51(31)40(55)25(26)18-61-43(45)58)37-28(9-8-23-19(2)27(46)13-30(49-38)36(23)37)50-44(59)62-17-22-7-10-32(29(11-22)48-35(54)15-47-5)65-42-34(64-21(4)53)14-33(63-20(3)52)39(66-42)41(56)57/h7,10-13,28,33-34,39,42,47,60H,6,8-9,14-18H2,1-5H3,(H,48,54)(H,50,59)(H,56,57)/t28-,33-,34?,39?,42+,45-/m0/s1. The Bertz CT molecular complexity index is 2790. The molecule has 2 aromatic carbocycles. The van der Waals surface area contributed by atoms with Gasteiger partial charge in [0.15, 0.2) is 17.8 Å². The average Bonchev–Trinajstić information content (AvgIpc) is 3.63. The van der Waals surface area contributed by atoms with Crippen LogP contribution in [0.4, 0.5) is 14.9 Å². The quantitative estimate of drug-likeness (QED) is 0.0889. The first kappa shape index (κ1) is 45.6. The number of anilines is 1. The molecule has 21 heteroatoms. The van der Waals surface area contributed by atoms with Gasteiger partial charge in [-0.3, -0.25) is 19.2 Å². The third-order valence-electron chi connectivity index (χ3n) is 12.2. The lowest BCUT2D eigenvalue weighted by atomic mass is 9.81. The number of nitrogens with zero attached hydrogens (tertiary/aromatic N) is 2. The van der Waals surface area contributed by atoms with Crippen molar-refractivity contribution in [2.45, 2.75) is 109 Å². The molecule has 348 valence electrons. The molecule has 0 bridgehead atoms. The van der Waals surface area contributed by atoms with Crippen molar-refractivity contribution < 1.29 is 71.8 Å². The maximum Gasteiger partial charge on any atom is 0.407 e. The highest BCUT2D eigenvalue weighted by molar-refractivity contribution is 5.95. The van der Waals surface area contributed by atoms with Crippen LogP contribution in [0.1, 0.15) is 85.0 Å². The van der Waals surface area contributed by atoms with Gasteiger partial charge in [-0.1, -0.05) is 13.0 Å². The third kappa shape index (κ3) is 8.28. The summed E-state index contributed by atoms with van der Waals surface area (Å²) in [6.45, 7) is 4.73. The summed E-state index contributed by atoms with van der Waals surface area (Å²) in [5.41, 5.74) is 1.43. The van der Waals surface area contributed by atoms with Crippen LogP contribution in [0.2, 0.25) is 0 Å². The maximum absolute atomic E-state index is 15.4. The molecule has 5 N–H and O–H groups in total. The van der Waals surface area contributed by atoms with Gasteiger partial charge < -0.3 is 59.2 Å². The lowest BCUT2D eigenvalue weighted by Crippen LogP contribution is -2.55. The molecule has 0 radical (unpaired) electrons. The minimum atomic E-state index is -2.06. The van der Waals surface area contributed by atoms with Crippen molar-refractivity contribution in [3.8, 4) is 17.1 Å². The second-order valence-electron chi connectivity index (χ2n) is 16.4. The number of benzene rings is 2. The Morgan fingerprint density at radius 1 is 1.03 bits per heavy atom. The normalized spacial score (nSPS) is 22.5. The Labute approximate surface area is 374 Å². The fourth-order valence-corrected chi connectivity index (χ4v) is 9.12. The molecule has 1 fully saturated rings. The summed E-state index contributed by atoms with van der Waals surface area (Å²) in [6.07, 6.45) is -6.26. The van der Waals surface area contributed by atoms with E-state index in [1.165, 1.54) is 28.8 Å². The maximum atomic E-state index is 15.4. The van der Waals surface area contributed by atoms with Gasteiger partial charge in [0, 0.05) is 42.8 Å². The molecule has 5 heterocycles. The minimum Gasteiger partial charge on any atom is -0.479 e. The van der Waals surface area contributed by atoms with E-state index in [9.17, 15) is 43.8 Å². The molecule has 0 spiro atoms. The average molecular weight is 916 g/mol. The molecule has 3 aliphatic heterocycles. The summed E-state index contributed by atoms with van der Waals surface area (Å²) < 4.78 is 50.0. The number of cyclic esters (lactones) is 1. The number of pyridine rings is 2.